The van der Waals surface area contributed by atoms with Gasteiger partial charge < -0.3 is 10.7 Å². The molecule has 0 aliphatic carbocycles. The van der Waals surface area contributed by atoms with Gasteiger partial charge in [-0.3, -0.25) is 5.43 Å². The molecule has 0 spiro atoms. The highest BCUT2D eigenvalue weighted by atomic mass is 32.1. The number of nitrogens with zero attached hydrogens (tertiary/aromatic N) is 1. The molecule has 0 amide bonds. The fourth-order valence-corrected chi connectivity index (χ4v) is 0.959. The first-order chi connectivity index (χ1) is 6.85. The smallest absolute Gasteiger partial charge is 0.186 e. The van der Waals surface area contributed by atoms with Crippen molar-refractivity contribution in [1.82, 2.24) is 10.7 Å². The summed E-state index contributed by atoms with van der Waals surface area (Å²) in [6, 6.07) is 0. The highest BCUT2D eigenvalue weighted by Crippen LogP contribution is 2.21. The van der Waals surface area contributed by atoms with Gasteiger partial charge in [-0.15, -0.1) is 0 Å². The zero-order valence-corrected chi connectivity index (χ0v) is 10.9. The van der Waals surface area contributed by atoms with E-state index < -0.39 is 0 Å². The van der Waals surface area contributed by atoms with E-state index in [4.69, 9.17) is 17.6 Å². The Bertz CT molecular complexity index is 281. The van der Waals surface area contributed by atoms with Crippen LogP contribution in [0.1, 0.15) is 34.1 Å². The Kier molecular flexibility index (Phi) is 5.43. The minimum Gasteiger partial charge on any atom is -0.364 e. The lowest BCUT2D eigenvalue weighted by Gasteiger charge is -2.23. The lowest BCUT2D eigenvalue weighted by molar-refractivity contribution is 0.505. The van der Waals surface area contributed by atoms with Crippen LogP contribution in [-0.2, 0) is 0 Å². The third kappa shape index (κ3) is 4.38. The summed E-state index contributed by atoms with van der Waals surface area (Å²) in [7, 11) is 1.72. The number of hydrazone groups is 1. The molecule has 15 heavy (non-hydrogen) atoms. The Morgan fingerprint density at radius 2 is 2.00 bits per heavy atom. The summed E-state index contributed by atoms with van der Waals surface area (Å²) in [6.07, 6.45) is 0.912. The molecule has 4 nitrogen and oxygen atoms in total. The van der Waals surface area contributed by atoms with Gasteiger partial charge in [-0.25, -0.2) is 0 Å². The van der Waals surface area contributed by atoms with Gasteiger partial charge in [-0.1, -0.05) is 20.8 Å². The van der Waals surface area contributed by atoms with E-state index in [2.05, 4.69) is 22.8 Å². The van der Waals surface area contributed by atoms with Crippen LogP contribution >= 0.6 is 12.2 Å². The van der Waals surface area contributed by atoms with Crippen LogP contribution in [0.5, 0.6) is 0 Å². The maximum atomic E-state index is 7.96. The van der Waals surface area contributed by atoms with Gasteiger partial charge in [0.1, 0.15) is 0 Å². The van der Waals surface area contributed by atoms with Gasteiger partial charge in [0.25, 0.3) is 0 Å². The molecular formula is C10H20N4S. The van der Waals surface area contributed by atoms with E-state index in [0.29, 0.717) is 16.5 Å². The predicted molar refractivity (Wildman–Crippen MR) is 69.7 cm³/mol. The van der Waals surface area contributed by atoms with Crippen LogP contribution in [0.25, 0.3) is 0 Å². The average molecular weight is 228 g/mol. The summed E-state index contributed by atoms with van der Waals surface area (Å²) < 4.78 is 0. The zero-order valence-electron chi connectivity index (χ0n) is 10.1. The van der Waals surface area contributed by atoms with Gasteiger partial charge in [-0.2, -0.15) is 5.10 Å². The number of hydrogen-bond donors (Lipinski definition) is 3. The van der Waals surface area contributed by atoms with Gasteiger partial charge in [0, 0.05) is 12.5 Å². The number of nitrogens with one attached hydrogen (secondary N) is 3. The molecule has 0 aromatic heterocycles. The van der Waals surface area contributed by atoms with Crippen LogP contribution in [0.3, 0.4) is 0 Å². The maximum Gasteiger partial charge on any atom is 0.186 e. The topological polar surface area (TPSA) is 60.3 Å². The Morgan fingerprint density at radius 1 is 1.47 bits per heavy atom. The quantitative estimate of drug-likeness (QED) is 0.391. The summed E-state index contributed by atoms with van der Waals surface area (Å²) in [5.74, 6) is 0. The molecule has 0 bridgehead atoms. The van der Waals surface area contributed by atoms with Crippen molar-refractivity contribution in [2.75, 3.05) is 7.05 Å². The molecule has 0 fully saturated rings. The molecule has 86 valence electrons. The molecule has 0 unspecified atom stereocenters. The third-order valence-corrected chi connectivity index (χ3v) is 2.77. The first kappa shape index (κ1) is 14.0. The van der Waals surface area contributed by atoms with Crippen molar-refractivity contribution in [3.63, 3.8) is 0 Å². The SMILES string of the molecule is CCC(C)(C)C(=N)/C(C)=N/NC(=S)NC. The Morgan fingerprint density at radius 3 is 2.40 bits per heavy atom. The van der Waals surface area contributed by atoms with E-state index in [0.717, 1.165) is 6.42 Å². The van der Waals surface area contributed by atoms with E-state index in [9.17, 15) is 0 Å². The highest BCUT2D eigenvalue weighted by Gasteiger charge is 2.23. The average Bonchev–Trinajstić information content (AvgIpc) is 2.23. The lowest BCUT2D eigenvalue weighted by Crippen LogP contribution is -2.33. The van der Waals surface area contributed by atoms with Gasteiger partial charge in [0.05, 0.1) is 11.4 Å². The highest BCUT2D eigenvalue weighted by molar-refractivity contribution is 7.80. The summed E-state index contributed by atoms with van der Waals surface area (Å²) in [4.78, 5) is 0. The molecule has 0 aromatic carbocycles. The molecule has 3 N–H and O–H groups in total. The predicted octanol–water partition coefficient (Wildman–Crippen LogP) is 1.91. The molecule has 5 heteroatoms. The largest absolute Gasteiger partial charge is 0.364 e. The molecule has 0 aliphatic rings. The second-order valence-electron chi connectivity index (χ2n) is 4.00. The molecule has 0 aliphatic heterocycles. The van der Waals surface area contributed by atoms with Crippen LogP contribution in [0.15, 0.2) is 5.10 Å². The number of hydrogen-bond acceptors (Lipinski definition) is 3. The summed E-state index contributed by atoms with van der Waals surface area (Å²) in [5.41, 5.74) is 3.74. The van der Waals surface area contributed by atoms with E-state index >= 15 is 0 Å². The van der Waals surface area contributed by atoms with Gasteiger partial charge >= 0.3 is 0 Å². The Balaban J connectivity index is 4.51. The number of rotatable bonds is 4. The molecule has 0 heterocycles. The van der Waals surface area contributed by atoms with Crippen LogP contribution in [0, 0.1) is 10.8 Å². The van der Waals surface area contributed by atoms with Crippen LogP contribution in [0.4, 0.5) is 0 Å². The fraction of sp³-hybridized carbons (Fsp3) is 0.700. The molecule has 0 saturated carbocycles. The van der Waals surface area contributed by atoms with Crippen molar-refractivity contribution >= 4 is 28.8 Å². The number of thiocarbonyl (C=S) groups is 1. The molecule has 0 radical (unpaired) electrons. The van der Waals surface area contributed by atoms with Crippen molar-refractivity contribution in [2.45, 2.75) is 34.1 Å². The summed E-state index contributed by atoms with van der Waals surface area (Å²) in [5, 5.41) is 15.2. The summed E-state index contributed by atoms with van der Waals surface area (Å²) in [6.45, 7) is 7.94. The first-order valence-electron chi connectivity index (χ1n) is 4.96. The Labute approximate surface area is 97.0 Å². The van der Waals surface area contributed by atoms with E-state index in [1.54, 1.807) is 7.05 Å². The second kappa shape index (κ2) is 5.80. The lowest BCUT2D eigenvalue weighted by atomic mass is 9.83. The standard InChI is InChI=1S/C10H20N4S/c1-6-10(3,4)8(11)7(2)13-14-9(15)12-5/h11H,6H2,1-5H3,(H2,12,14,15)/b11-8?,13-7+. The molecule has 0 aromatic rings. The van der Waals surface area contributed by atoms with Crippen molar-refractivity contribution in [2.24, 2.45) is 10.5 Å². The van der Waals surface area contributed by atoms with E-state index in [-0.39, 0.29) is 5.41 Å². The van der Waals surface area contributed by atoms with Gasteiger partial charge in [0.2, 0.25) is 0 Å². The van der Waals surface area contributed by atoms with Gasteiger partial charge in [0.15, 0.2) is 5.11 Å². The molecule has 0 rings (SSSR count). The normalized spacial score (nSPS) is 12.2. The van der Waals surface area contributed by atoms with Crippen LogP contribution in [-0.4, -0.2) is 23.6 Å². The molecular weight excluding hydrogens is 208 g/mol. The maximum absolute atomic E-state index is 7.96. The minimum absolute atomic E-state index is 0.142. The minimum atomic E-state index is -0.142. The molecule has 0 atom stereocenters. The molecule has 0 saturated heterocycles. The van der Waals surface area contributed by atoms with Crippen molar-refractivity contribution in [1.29, 1.82) is 5.41 Å². The first-order valence-corrected chi connectivity index (χ1v) is 5.37. The zero-order chi connectivity index (χ0) is 12.1. The van der Waals surface area contributed by atoms with Crippen LogP contribution in [0.2, 0.25) is 0 Å². The van der Waals surface area contributed by atoms with Crippen molar-refractivity contribution < 1.29 is 0 Å². The van der Waals surface area contributed by atoms with Crippen molar-refractivity contribution in [3.8, 4) is 0 Å². The van der Waals surface area contributed by atoms with Crippen molar-refractivity contribution in [3.05, 3.63) is 0 Å². The third-order valence-electron chi connectivity index (χ3n) is 2.47. The Hall–Kier alpha value is -0.970. The van der Waals surface area contributed by atoms with Crippen LogP contribution < -0.4 is 10.7 Å². The fourth-order valence-electron chi connectivity index (χ4n) is 0.913. The second-order valence-corrected chi connectivity index (χ2v) is 4.41. The van der Waals surface area contributed by atoms with Gasteiger partial charge in [-0.05, 0) is 25.6 Å². The monoisotopic (exact) mass is 228 g/mol. The van der Waals surface area contributed by atoms with E-state index in [1.807, 2.05) is 20.8 Å². The van der Waals surface area contributed by atoms with E-state index in [1.165, 1.54) is 0 Å². The summed E-state index contributed by atoms with van der Waals surface area (Å²) >= 11 is 4.88.